The fraction of sp³-hybridized carbons (Fsp3) is 0.857. The summed E-state index contributed by atoms with van der Waals surface area (Å²) in [6.45, 7) is 4.97. The molecular formula is C35H66NO6+. The lowest BCUT2D eigenvalue weighted by molar-refractivity contribution is -0.928. The van der Waals surface area contributed by atoms with Gasteiger partial charge in [-0.15, -0.1) is 0 Å². The van der Waals surface area contributed by atoms with E-state index in [1.54, 1.807) is 0 Å². The van der Waals surface area contributed by atoms with Gasteiger partial charge in [0.2, 0.25) is 0 Å². The van der Waals surface area contributed by atoms with Crippen molar-refractivity contribution in [3.05, 3.63) is 12.2 Å². The average Bonchev–Trinajstić information content (AvgIpc) is 2.93. The predicted molar refractivity (Wildman–Crippen MR) is 173 cm³/mol. The first kappa shape index (κ1) is 40.1. The minimum atomic E-state index is -0.835. The minimum absolute atomic E-state index is 0.0764. The first-order valence-electron chi connectivity index (χ1n) is 17.5. The molecule has 0 unspecified atom stereocenters. The van der Waals surface area contributed by atoms with Crippen LogP contribution in [-0.2, 0) is 14.4 Å². The van der Waals surface area contributed by atoms with E-state index in [9.17, 15) is 14.4 Å². The summed E-state index contributed by atoms with van der Waals surface area (Å²) in [5.74, 6) is -2.51. The standard InChI is InChI=1S/C35H65NO6/c1-2-3-4-5-6-7-8-9-10-11-12-13-14-15-16-17-18-19-20-21-22-29-36(30-23-26-33(37)38,31-24-27-34(39)40)32-25-28-35(41)42/h20-21H,2-19,22-32H2,1H3,(H2-,37,38,39,40,41,42)/p+1/b21-20+. The molecule has 0 radical (unpaired) electrons. The SMILES string of the molecule is CCCCCCCCCCCCCCCCCCC/C=C/CC[N+](CCCC(=O)O)(CCCC(=O)O)CCCC(=O)O. The van der Waals surface area contributed by atoms with Gasteiger partial charge in [0.25, 0.3) is 0 Å². The van der Waals surface area contributed by atoms with Crippen LogP contribution in [0.2, 0.25) is 0 Å². The first-order valence-corrected chi connectivity index (χ1v) is 17.5. The third-order valence-corrected chi connectivity index (χ3v) is 8.48. The van der Waals surface area contributed by atoms with Gasteiger partial charge in [0.15, 0.2) is 0 Å². The van der Waals surface area contributed by atoms with E-state index in [-0.39, 0.29) is 19.3 Å². The van der Waals surface area contributed by atoms with E-state index in [1.807, 2.05) is 0 Å². The van der Waals surface area contributed by atoms with Gasteiger partial charge in [-0.3, -0.25) is 14.4 Å². The summed E-state index contributed by atoms with van der Waals surface area (Å²) in [5, 5.41) is 27.3. The number of quaternary nitrogens is 1. The summed E-state index contributed by atoms with van der Waals surface area (Å²) >= 11 is 0. The van der Waals surface area contributed by atoms with Crippen LogP contribution >= 0.6 is 0 Å². The average molecular weight is 597 g/mol. The van der Waals surface area contributed by atoms with Gasteiger partial charge >= 0.3 is 17.9 Å². The maximum atomic E-state index is 11.1. The quantitative estimate of drug-likeness (QED) is 0.0395. The maximum absolute atomic E-state index is 11.1. The van der Waals surface area contributed by atoms with Crippen molar-refractivity contribution < 1.29 is 34.2 Å². The van der Waals surface area contributed by atoms with Crippen molar-refractivity contribution in [2.45, 2.75) is 167 Å². The summed E-state index contributed by atoms with van der Waals surface area (Å²) in [5.41, 5.74) is 0. The lowest BCUT2D eigenvalue weighted by atomic mass is 10.0. The zero-order chi connectivity index (χ0) is 31.2. The number of allylic oxidation sites excluding steroid dienone is 1. The number of rotatable bonds is 33. The summed E-state index contributed by atoms with van der Waals surface area (Å²) in [6.07, 6.45) is 31.4. The molecule has 0 bridgehead atoms. The summed E-state index contributed by atoms with van der Waals surface area (Å²) in [4.78, 5) is 33.2. The summed E-state index contributed by atoms with van der Waals surface area (Å²) in [7, 11) is 0. The highest BCUT2D eigenvalue weighted by Crippen LogP contribution is 2.18. The van der Waals surface area contributed by atoms with Gasteiger partial charge in [-0.05, 0) is 12.8 Å². The predicted octanol–water partition coefficient (Wildman–Crippen LogP) is 9.39. The van der Waals surface area contributed by atoms with Gasteiger partial charge in [0.1, 0.15) is 0 Å². The molecule has 0 fully saturated rings. The Hall–Kier alpha value is -1.89. The number of carboxylic acids is 3. The van der Waals surface area contributed by atoms with Gasteiger partial charge in [0, 0.05) is 25.7 Å². The Morgan fingerprint density at radius 1 is 0.429 bits per heavy atom. The van der Waals surface area contributed by atoms with Crippen molar-refractivity contribution >= 4 is 17.9 Å². The van der Waals surface area contributed by atoms with Gasteiger partial charge in [0.05, 0.1) is 45.4 Å². The number of carbonyl (C=O) groups is 3. The fourth-order valence-corrected chi connectivity index (χ4v) is 5.94. The van der Waals surface area contributed by atoms with E-state index in [2.05, 4.69) is 19.1 Å². The molecule has 0 saturated heterocycles. The van der Waals surface area contributed by atoms with Gasteiger partial charge in [-0.2, -0.15) is 0 Å². The number of aliphatic carboxylic acids is 3. The number of carboxylic acid groups (broad SMARTS) is 3. The zero-order valence-corrected chi connectivity index (χ0v) is 27.2. The lowest BCUT2D eigenvalue weighted by Gasteiger charge is -2.39. The minimum Gasteiger partial charge on any atom is -0.481 e. The highest BCUT2D eigenvalue weighted by atomic mass is 16.4. The molecule has 0 aromatic carbocycles. The molecule has 0 aliphatic rings. The lowest BCUT2D eigenvalue weighted by Crippen LogP contribution is -2.51. The molecule has 42 heavy (non-hydrogen) atoms. The molecule has 0 heterocycles. The summed E-state index contributed by atoms with van der Waals surface area (Å²) < 4.78 is 0.595. The number of unbranched alkanes of at least 4 members (excludes halogenated alkanes) is 17. The Balaban J connectivity index is 4.09. The van der Waals surface area contributed by atoms with Crippen LogP contribution in [0.5, 0.6) is 0 Å². The third kappa shape index (κ3) is 28.2. The monoisotopic (exact) mass is 596 g/mol. The van der Waals surface area contributed by atoms with Crippen LogP contribution in [0.25, 0.3) is 0 Å². The Morgan fingerprint density at radius 2 is 0.738 bits per heavy atom. The van der Waals surface area contributed by atoms with Gasteiger partial charge in [-0.1, -0.05) is 122 Å². The number of hydrogen-bond donors (Lipinski definition) is 3. The number of hydrogen-bond acceptors (Lipinski definition) is 3. The van der Waals surface area contributed by atoms with E-state index in [0.717, 1.165) is 19.4 Å². The van der Waals surface area contributed by atoms with Gasteiger partial charge in [-0.25, -0.2) is 0 Å². The van der Waals surface area contributed by atoms with E-state index < -0.39 is 17.9 Å². The molecule has 0 spiro atoms. The van der Waals surface area contributed by atoms with Crippen LogP contribution in [-0.4, -0.2) is 63.9 Å². The molecule has 3 N–H and O–H groups in total. The Morgan fingerprint density at radius 3 is 1.07 bits per heavy atom. The normalized spacial score (nSPS) is 11.8. The van der Waals surface area contributed by atoms with Crippen molar-refractivity contribution in [1.82, 2.24) is 0 Å². The fourth-order valence-electron chi connectivity index (χ4n) is 5.94. The van der Waals surface area contributed by atoms with Crippen molar-refractivity contribution in [3.8, 4) is 0 Å². The molecule has 7 heteroatoms. The second-order valence-electron chi connectivity index (χ2n) is 12.4. The van der Waals surface area contributed by atoms with Crippen molar-refractivity contribution in [1.29, 1.82) is 0 Å². The molecule has 246 valence electrons. The van der Waals surface area contributed by atoms with Crippen LogP contribution in [0.15, 0.2) is 12.2 Å². The van der Waals surface area contributed by atoms with E-state index in [4.69, 9.17) is 15.3 Å². The highest BCUT2D eigenvalue weighted by molar-refractivity contribution is 5.67. The molecule has 0 aliphatic heterocycles. The Kier molecular flexibility index (Phi) is 27.9. The first-order chi connectivity index (χ1) is 20.3. The van der Waals surface area contributed by atoms with Crippen LogP contribution in [0.1, 0.15) is 167 Å². The smallest absolute Gasteiger partial charge is 0.303 e. The molecule has 0 atom stereocenters. The van der Waals surface area contributed by atoms with Crippen LogP contribution in [0, 0.1) is 0 Å². The van der Waals surface area contributed by atoms with Crippen LogP contribution in [0.3, 0.4) is 0 Å². The van der Waals surface area contributed by atoms with Crippen LogP contribution < -0.4 is 0 Å². The summed E-state index contributed by atoms with van der Waals surface area (Å²) in [6, 6.07) is 0. The molecule has 0 aliphatic carbocycles. The van der Waals surface area contributed by atoms with E-state index in [1.165, 1.54) is 109 Å². The molecular weight excluding hydrogens is 530 g/mol. The largest absolute Gasteiger partial charge is 0.481 e. The molecule has 0 amide bonds. The number of nitrogens with zero attached hydrogens (tertiary/aromatic N) is 1. The second-order valence-corrected chi connectivity index (χ2v) is 12.4. The van der Waals surface area contributed by atoms with Crippen molar-refractivity contribution in [2.75, 3.05) is 26.2 Å². The molecule has 0 saturated carbocycles. The van der Waals surface area contributed by atoms with Crippen LogP contribution in [0.4, 0.5) is 0 Å². The molecule has 0 rings (SSSR count). The second kappa shape index (κ2) is 29.2. The van der Waals surface area contributed by atoms with Gasteiger partial charge < -0.3 is 19.8 Å². The third-order valence-electron chi connectivity index (χ3n) is 8.48. The molecule has 0 aromatic rings. The zero-order valence-electron chi connectivity index (χ0n) is 27.2. The molecule has 7 nitrogen and oxygen atoms in total. The highest BCUT2D eigenvalue weighted by Gasteiger charge is 2.27. The Bertz CT molecular complexity index is 643. The van der Waals surface area contributed by atoms with E-state index >= 15 is 0 Å². The topological polar surface area (TPSA) is 112 Å². The maximum Gasteiger partial charge on any atom is 0.303 e. The van der Waals surface area contributed by atoms with E-state index in [0.29, 0.717) is 43.4 Å². The Labute approximate surface area is 257 Å². The molecule has 0 aromatic heterocycles. The van der Waals surface area contributed by atoms with Crippen molar-refractivity contribution in [2.24, 2.45) is 0 Å². The van der Waals surface area contributed by atoms with Crippen molar-refractivity contribution in [3.63, 3.8) is 0 Å².